The van der Waals surface area contributed by atoms with E-state index < -0.39 is 0 Å². The average molecular weight is 280 g/mol. The van der Waals surface area contributed by atoms with Gasteiger partial charge in [-0.25, -0.2) is 0 Å². The zero-order valence-electron chi connectivity index (χ0n) is 13.6. The number of rotatable bonds is 5. The molecule has 0 bridgehead atoms. The standard InChI is InChI=1S/C17H32N2O/c1-4-17(5-2)12-18-16(3,15-6-7-15)13-19(17)10-14-8-9-20-11-14/h14-15,18H,4-13H2,1-3H3. The van der Waals surface area contributed by atoms with Crippen LogP contribution in [0.2, 0.25) is 0 Å². The monoisotopic (exact) mass is 280 g/mol. The van der Waals surface area contributed by atoms with Crippen molar-refractivity contribution in [3.05, 3.63) is 0 Å². The van der Waals surface area contributed by atoms with Gasteiger partial charge >= 0.3 is 0 Å². The van der Waals surface area contributed by atoms with Gasteiger partial charge in [-0.05, 0) is 50.9 Å². The molecule has 116 valence electrons. The molecule has 2 atom stereocenters. The Morgan fingerprint density at radius 2 is 1.95 bits per heavy atom. The molecule has 0 radical (unpaired) electrons. The Kier molecular flexibility index (Phi) is 4.13. The summed E-state index contributed by atoms with van der Waals surface area (Å²) < 4.78 is 5.60. The Hall–Kier alpha value is -0.120. The summed E-state index contributed by atoms with van der Waals surface area (Å²) in [7, 11) is 0. The van der Waals surface area contributed by atoms with Crippen molar-refractivity contribution in [2.75, 3.05) is 32.8 Å². The van der Waals surface area contributed by atoms with Gasteiger partial charge in [-0.3, -0.25) is 4.90 Å². The van der Waals surface area contributed by atoms with Crippen molar-refractivity contribution in [1.82, 2.24) is 10.2 Å². The smallest absolute Gasteiger partial charge is 0.0507 e. The number of hydrogen-bond acceptors (Lipinski definition) is 3. The van der Waals surface area contributed by atoms with Crippen molar-refractivity contribution in [3.8, 4) is 0 Å². The number of nitrogens with zero attached hydrogens (tertiary/aromatic N) is 1. The van der Waals surface area contributed by atoms with Crippen molar-refractivity contribution >= 4 is 0 Å². The largest absolute Gasteiger partial charge is 0.381 e. The van der Waals surface area contributed by atoms with Gasteiger partial charge in [-0.2, -0.15) is 0 Å². The third kappa shape index (κ3) is 2.65. The Labute approximate surface area is 124 Å². The highest BCUT2D eigenvalue weighted by Gasteiger charge is 2.50. The molecule has 0 aromatic rings. The maximum Gasteiger partial charge on any atom is 0.0507 e. The third-order valence-corrected chi connectivity index (χ3v) is 6.31. The van der Waals surface area contributed by atoms with Crippen LogP contribution in [0.3, 0.4) is 0 Å². The topological polar surface area (TPSA) is 24.5 Å². The lowest BCUT2D eigenvalue weighted by Gasteiger charge is -2.54. The lowest BCUT2D eigenvalue weighted by Crippen LogP contribution is -2.70. The van der Waals surface area contributed by atoms with Crippen molar-refractivity contribution < 1.29 is 4.74 Å². The molecule has 2 aliphatic heterocycles. The van der Waals surface area contributed by atoms with Gasteiger partial charge in [0.2, 0.25) is 0 Å². The van der Waals surface area contributed by atoms with Crippen LogP contribution in [0.4, 0.5) is 0 Å². The van der Waals surface area contributed by atoms with Gasteiger partial charge in [-0.1, -0.05) is 13.8 Å². The summed E-state index contributed by atoms with van der Waals surface area (Å²) in [5, 5.41) is 3.93. The van der Waals surface area contributed by atoms with Gasteiger partial charge in [0.25, 0.3) is 0 Å². The quantitative estimate of drug-likeness (QED) is 0.838. The maximum absolute atomic E-state index is 5.60. The molecule has 2 saturated heterocycles. The zero-order chi connectivity index (χ0) is 14.2. The van der Waals surface area contributed by atoms with E-state index in [1.807, 2.05) is 0 Å². The normalized spacial score (nSPS) is 38.2. The van der Waals surface area contributed by atoms with Gasteiger partial charge in [0.15, 0.2) is 0 Å². The molecule has 3 fully saturated rings. The molecule has 0 amide bonds. The highest BCUT2D eigenvalue weighted by atomic mass is 16.5. The van der Waals surface area contributed by atoms with Gasteiger partial charge in [0, 0.05) is 37.3 Å². The molecular formula is C17H32N2O. The summed E-state index contributed by atoms with van der Waals surface area (Å²) in [4.78, 5) is 2.83. The fraction of sp³-hybridized carbons (Fsp3) is 1.00. The molecular weight excluding hydrogens is 248 g/mol. The number of hydrogen-bond donors (Lipinski definition) is 1. The van der Waals surface area contributed by atoms with Gasteiger partial charge in [0.1, 0.15) is 0 Å². The minimum atomic E-state index is 0.354. The van der Waals surface area contributed by atoms with Crippen LogP contribution in [0.5, 0.6) is 0 Å². The molecule has 2 heterocycles. The van der Waals surface area contributed by atoms with E-state index in [9.17, 15) is 0 Å². The Morgan fingerprint density at radius 3 is 2.50 bits per heavy atom. The van der Waals surface area contributed by atoms with E-state index in [0.717, 1.165) is 25.0 Å². The summed E-state index contributed by atoms with van der Waals surface area (Å²) in [5.41, 5.74) is 0.726. The molecule has 1 saturated carbocycles. The molecule has 3 heteroatoms. The molecule has 0 spiro atoms. The van der Waals surface area contributed by atoms with Crippen LogP contribution < -0.4 is 5.32 Å². The highest BCUT2D eigenvalue weighted by molar-refractivity contribution is 5.08. The Balaban J connectivity index is 1.74. The zero-order valence-corrected chi connectivity index (χ0v) is 13.6. The minimum absolute atomic E-state index is 0.354. The fourth-order valence-electron chi connectivity index (χ4n) is 4.34. The van der Waals surface area contributed by atoms with Crippen LogP contribution in [-0.2, 0) is 4.74 Å². The molecule has 3 rings (SSSR count). The second-order valence-electron chi connectivity index (χ2n) is 7.59. The lowest BCUT2D eigenvalue weighted by molar-refractivity contribution is -0.0144. The van der Waals surface area contributed by atoms with E-state index in [0.29, 0.717) is 11.1 Å². The van der Waals surface area contributed by atoms with Crippen LogP contribution in [0.25, 0.3) is 0 Å². The summed E-state index contributed by atoms with van der Waals surface area (Å²) in [5.74, 6) is 1.67. The Bertz CT molecular complexity index is 332. The van der Waals surface area contributed by atoms with Crippen LogP contribution in [0.1, 0.15) is 52.9 Å². The van der Waals surface area contributed by atoms with Gasteiger partial charge in [0.05, 0.1) is 6.61 Å². The molecule has 0 aromatic carbocycles. The first kappa shape index (κ1) is 14.8. The molecule has 2 unspecified atom stereocenters. The lowest BCUT2D eigenvalue weighted by atomic mass is 9.81. The van der Waals surface area contributed by atoms with Crippen molar-refractivity contribution in [1.29, 1.82) is 0 Å². The van der Waals surface area contributed by atoms with Crippen molar-refractivity contribution in [2.45, 2.75) is 64.0 Å². The first-order valence-corrected chi connectivity index (χ1v) is 8.70. The van der Waals surface area contributed by atoms with E-state index in [1.165, 1.54) is 51.7 Å². The molecule has 3 nitrogen and oxygen atoms in total. The van der Waals surface area contributed by atoms with E-state index in [1.54, 1.807) is 0 Å². The number of nitrogens with one attached hydrogen (secondary N) is 1. The number of ether oxygens (including phenoxy) is 1. The van der Waals surface area contributed by atoms with Crippen LogP contribution in [0.15, 0.2) is 0 Å². The second kappa shape index (κ2) is 5.58. The third-order valence-electron chi connectivity index (χ3n) is 6.31. The highest BCUT2D eigenvalue weighted by Crippen LogP contribution is 2.44. The van der Waals surface area contributed by atoms with E-state index >= 15 is 0 Å². The Morgan fingerprint density at radius 1 is 1.20 bits per heavy atom. The van der Waals surface area contributed by atoms with Crippen LogP contribution in [0, 0.1) is 11.8 Å². The summed E-state index contributed by atoms with van der Waals surface area (Å²) in [6, 6.07) is 0. The van der Waals surface area contributed by atoms with E-state index in [-0.39, 0.29) is 0 Å². The van der Waals surface area contributed by atoms with Crippen molar-refractivity contribution in [2.24, 2.45) is 11.8 Å². The second-order valence-corrected chi connectivity index (χ2v) is 7.59. The van der Waals surface area contributed by atoms with Gasteiger partial charge < -0.3 is 10.1 Å². The molecule has 20 heavy (non-hydrogen) atoms. The van der Waals surface area contributed by atoms with Crippen LogP contribution in [-0.4, -0.2) is 48.8 Å². The molecule has 0 aromatic heterocycles. The van der Waals surface area contributed by atoms with Gasteiger partial charge in [-0.15, -0.1) is 0 Å². The van der Waals surface area contributed by atoms with E-state index in [2.05, 4.69) is 31.0 Å². The fourth-order valence-corrected chi connectivity index (χ4v) is 4.34. The minimum Gasteiger partial charge on any atom is -0.381 e. The van der Waals surface area contributed by atoms with Crippen molar-refractivity contribution in [3.63, 3.8) is 0 Å². The predicted molar refractivity (Wildman–Crippen MR) is 82.9 cm³/mol. The summed E-state index contributed by atoms with van der Waals surface area (Å²) in [6.45, 7) is 12.8. The van der Waals surface area contributed by atoms with Crippen LogP contribution >= 0.6 is 0 Å². The molecule has 3 aliphatic rings. The predicted octanol–water partition coefficient (Wildman–Crippen LogP) is 2.66. The maximum atomic E-state index is 5.60. The van der Waals surface area contributed by atoms with E-state index in [4.69, 9.17) is 4.74 Å². The summed E-state index contributed by atoms with van der Waals surface area (Å²) in [6.07, 6.45) is 6.62. The SMILES string of the molecule is CCC1(CC)CNC(C)(C2CC2)CN1CC1CCOC1. The first-order valence-electron chi connectivity index (χ1n) is 8.70. The number of piperazine rings is 1. The molecule has 1 N–H and O–H groups in total. The summed E-state index contributed by atoms with van der Waals surface area (Å²) >= 11 is 0. The first-order chi connectivity index (χ1) is 9.62. The average Bonchev–Trinajstić information content (AvgIpc) is 3.20. The molecule has 1 aliphatic carbocycles.